The summed E-state index contributed by atoms with van der Waals surface area (Å²) in [4.78, 5) is 41.9. The van der Waals surface area contributed by atoms with Gasteiger partial charge in [0.15, 0.2) is 5.96 Å². The molecule has 0 aromatic heterocycles. The molecule has 0 unspecified atom stereocenters. The minimum atomic E-state index is -3.77. The number of hydrogen-bond acceptors (Lipinski definition) is 6. The number of aliphatic imine (C=N–C) groups is 1. The van der Waals surface area contributed by atoms with Crippen LogP contribution in [0.25, 0.3) is 0 Å². The van der Waals surface area contributed by atoms with Gasteiger partial charge in [-0.25, -0.2) is 13.1 Å². The zero-order valence-corrected chi connectivity index (χ0v) is 20.2. The second-order valence-corrected chi connectivity index (χ2v) is 10.2. The Labute approximate surface area is 200 Å². The Kier molecular flexibility index (Phi) is 10.5. The third-order valence-corrected chi connectivity index (χ3v) is 6.71. The molecule has 0 saturated carbocycles. The predicted molar refractivity (Wildman–Crippen MR) is 129 cm³/mol. The van der Waals surface area contributed by atoms with Crippen LogP contribution >= 0.6 is 0 Å². The van der Waals surface area contributed by atoms with E-state index in [1.54, 1.807) is 18.2 Å². The van der Waals surface area contributed by atoms with Gasteiger partial charge in [0, 0.05) is 13.1 Å². The molecular formula is C22H34N6O5S. The Morgan fingerprint density at radius 2 is 2.09 bits per heavy atom. The Morgan fingerprint density at radius 1 is 1.32 bits per heavy atom. The zero-order valence-electron chi connectivity index (χ0n) is 19.4. The minimum absolute atomic E-state index is 0.0459. The summed E-state index contributed by atoms with van der Waals surface area (Å²) >= 11 is 0. The molecule has 0 bridgehead atoms. The van der Waals surface area contributed by atoms with Gasteiger partial charge in [-0.1, -0.05) is 29.8 Å². The number of nitrogens with zero attached hydrogens (tertiary/aromatic N) is 2. The highest BCUT2D eigenvalue weighted by Gasteiger charge is 2.31. The van der Waals surface area contributed by atoms with Gasteiger partial charge in [-0.2, -0.15) is 0 Å². The van der Waals surface area contributed by atoms with Gasteiger partial charge < -0.3 is 26.5 Å². The highest BCUT2D eigenvalue weighted by molar-refractivity contribution is 7.88. The molecule has 2 atom stereocenters. The zero-order chi connectivity index (χ0) is 25.1. The van der Waals surface area contributed by atoms with E-state index < -0.39 is 33.9 Å². The molecule has 0 spiro atoms. The maximum Gasteiger partial charge on any atom is 0.241 e. The molecule has 2 rings (SSSR count). The minimum Gasteiger partial charge on any atom is -0.370 e. The van der Waals surface area contributed by atoms with E-state index in [4.69, 9.17) is 11.5 Å². The number of nitrogens with two attached hydrogens (primary N) is 2. The molecule has 1 aromatic rings. The number of aldehydes is 1. The SMILES string of the molecule is Cc1cccc(CS(=O)(=O)N[C@H]2CCCCN(CC(=O)N[C@H](C=O)CCCN=C(N)N)C2=O)c1. The van der Waals surface area contributed by atoms with Crippen molar-refractivity contribution in [2.45, 2.75) is 56.9 Å². The van der Waals surface area contributed by atoms with Crippen LogP contribution in [0.15, 0.2) is 29.3 Å². The van der Waals surface area contributed by atoms with E-state index in [1.165, 1.54) is 4.90 Å². The molecule has 1 aliphatic rings. The van der Waals surface area contributed by atoms with Crippen molar-refractivity contribution in [1.82, 2.24) is 14.9 Å². The van der Waals surface area contributed by atoms with Crippen molar-refractivity contribution in [3.05, 3.63) is 35.4 Å². The lowest BCUT2D eigenvalue weighted by atomic mass is 10.1. The predicted octanol–water partition coefficient (Wildman–Crippen LogP) is -0.467. The number of amides is 2. The summed E-state index contributed by atoms with van der Waals surface area (Å²) in [6.45, 7) is 2.28. The van der Waals surface area contributed by atoms with Gasteiger partial charge in [-0.15, -0.1) is 0 Å². The number of benzene rings is 1. The first-order valence-electron chi connectivity index (χ1n) is 11.2. The van der Waals surface area contributed by atoms with Crippen LogP contribution in [0.3, 0.4) is 0 Å². The maximum atomic E-state index is 13.0. The second kappa shape index (κ2) is 13.0. The molecule has 12 heteroatoms. The number of hydrogen-bond donors (Lipinski definition) is 4. The summed E-state index contributed by atoms with van der Waals surface area (Å²) in [6, 6.07) is 5.49. The van der Waals surface area contributed by atoms with E-state index in [2.05, 4.69) is 15.0 Å². The Bertz CT molecular complexity index is 993. The van der Waals surface area contributed by atoms with Gasteiger partial charge in [0.2, 0.25) is 21.8 Å². The summed E-state index contributed by atoms with van der Waals surface area (Å²) in [5, 5.41) is 2.59. The topological polar surface area (TPSA) is 177 Å². The van der Waals surface area contributed by atoms with Crippen molar-refractivity contribution in [1.29, 1.82) is 0 Å². The van der Waals surface area contributed by atoms with Crippen molar-refractivity contribution in [3.8, 4) is 0 Å². The monoisotopic (exact) mass is 494 g/mol. The van der Waals surface area contributed by atoms with Crippen LogP contribution in [0.4, 0.5) is 0 Å². The summed E-state index contributed by atoms with van der Waals surface area (Å²) in [5.74, 6) is -1.22. The maximum absolute atomic E-state index is 13.0. The molecule has 0 radical (unpaired) electrons. The van der Waals surface area contributed by atoms with Crippen molar-refractivity contribution in [2.24, 2.45) is 16.5 Å². The average molecular weight is 495 g/mol. The Hall–Kier alpha value is -2.99. The molecule has 34 heavy (non-hydrogen) atoms. The fourth-order valence-electron chi connectivity index (χ4n) is 3.77. The molecular weight excluding hydrogens is 460 g/mol. The van der Waals surface area contributed by atoms with E-state index in [0.29, 0.717) is 57.0 Å². The number of carbonyl (C=O) groups is 3. The average Bonchev–Trinajstić information content (AvgIpc) is 2.91. The van der Waals surface area contributed by atoms with Gasteiger partial charge in [-0.05, 0) is 44.6 Å². The number of sulfonamides is 1. The van der Waals surface area contributed by atoms with Gasteiger partial charge >= 0.3 is 0 Å². The fraction of sp³-hybridized carbons (Fsp3) is 0.545. The third kappa shape index (κ3) is 9.48. The van der Waals surface area contributed by atoms with Crippen molar-refractivity contribution >= 4 is 34.1 Å². The quantitative estimate of drug-likeness (QED) is 0.131. The fourth-order valence-corrected chi connectivity index (χ4v) is 5.12. The highest BCUT2D eigenvalue weighted by Crippen LogP contribution is 2.15. The number of carbonyl (C=O) groups excluding carboxylic acids is 3. The first kappa shape index (κ1) is 27.3. The van der Waals surface area contributed by atoms with E-state index in [-0.39, 0.29) is 18.3 Å². The second-order valence-electron chi connectivity index (χ2n) is 8.43. The lowest BCUT2D eigenvalue weighted by Gasteiger charge is -2.25. The van der Waals surface area contributed by atoms with Crippen molar-refractivity contribution in [3.63, 3.8) is 0 Å². The van der Waals surface area contributed by atoms with Crippen LogP contribution in [0.5, 0.6) is 0 Å². The number of likely N-dealkylation sites (tertiary alicyclic amines) is 1. The molecule has 1 fully saturated rings. The molecule has 0 aliphatic carbocycles. The normalized spacial score (nSPS) is 17.5. The molecule has 1 saturated heterocycles. The molecule has 188 valence electrons. The summed E-state index contributed by atoms with van der Waals surface area (Å²) in [5.41, 5.74) is 12.1. The largest absolute Gasteiger partial charge is 0.370 e. The summed E-state index contributed by atoms with van der Waals surface area (Å²) < 4.78 is 27.9. The molecule has 1 aliphatic heterocycles. The molecule has 11 nitrogen and oxygen atoms in total. The molecule has 1 aromatic carbocycles. The first-order valence-corrected chi connectivity index (χ1v) is 12.9. The van der Waals surface area contributed by atoms with Crippen molar-refractivity contribution < 1.29 is 22.8 Å². The van der Waals surface area contributed by atoms with Gasteiger partial charge in [0.05, 0.1) is 18.3 Å². The molecule has 6 N–H and O–H groups in total. The molecule has 1 heterocycles. The van der Waals surface area contributed by atoms with Crippen LogP contribution in [0, 0.1) is 6.92 Å². The van der Waals surface area contributed by atoms with Gasteiger partial charge in [0.1, 0.15) is 12.3 Å². The van der Waals surface area contributed by atoms with Crippen LogP contribution in [0.2, 0.25) is 0 Å². The number of nitrogens with one attached hydrogen (secondary N) is 2. The van der Waals surface area contributed by atoms with E-state index in [9.17, 15) is 22.8 Å². The lowest BCUT2D eigenvalue weighted by molar-refractivity contribution is -0.137. The lowest BCUT2D eigenvalue weighted by Crippen LogP contribution is -2.51. The van der Waals surface area contributed by atoms with Crippen LogP contribution in [-0.4, -0.2) is 69.1 Å². The van der Waals surface area contributed by atoms with Crippen LogP contribution in [-0.2, 0) is 30.2 Å². The van der Waals surface area contributed by atoms with Crippen LogP contribution in [0.1, 0.15) is 43.2 Å². The Balaban J connectivity index is 1.94. The Morgan fingerprint density at radius 3 is 2.76 bits per heavy atom. The van der Waals surface area contributed by atoms with E-state index in [1.807, 2.05) is 13.0 Å². The number of guanidine groups is 1. The van der Waals surface area contributed by atoms with Crippen LogP contribution < -0.4 is 21.5 Å². The van der Waals surface area contributed by atoms with Gasteiger partial charge in [-0.3, -0.25) is 14.6 Å². The van der Waals surface area contributed by atoms with E-state index >= 15 is 0 Å². The summed E-state index contributed by atoms with van der Waals surface area (Å²) in [6.07, 6.45) is 3.11. The smallest absolute Gasteiger partial charge is 0.241 e. The third-order valence-electron chi connectivity index (χ3n) is 5.35. The number of aryl methyl sites for hydroxylation is 1. The number of rotatable bonds is 12. The van der Waals surface area contributed by atoms with Crippen molar-refractivity contribution in [2.75, 3.05) is 19.6 Å². The standard InChI is InChI=1S/C22H34N6O5S/c1-16-6-4-7-17(12-16)15-34(32,33)27-19-9-2-3-11-28(21(19)31)13-20(30)26-18(14-29)8-5-10-25-22(23)24/h4,6-7,12,14,18-19,27H,2-3,5,8-11,13,15H2,1H3,(H,26,30)(H4,23,24,25)/t18-,19-/m0/s1. The summed E-state index contributed by atoms with van der Waals surface area (Å²) in [7, 11) is -3.77. The molecule has 2 amide bonds. The first-order chi connectivity index (χ1) is 16.1. The van der Waals surface area contributed by atoms with Gasteiger partial charge in [0.25, 0.3) is 0 Å². The highest BCUT2D eigenvalue weighted by atomic mass is 32.2. The van der Waals surface area contributed by atoms with E-state index in [0.717, 1.165) is 5.56 Å².